The van der Waals surface area contributed by atoms with Crippen molar-refractivity contribution in [2.75, 3.05) is 6.54 Å². The number of hydrogen-bond acceptors (Lipinski definition) is 3. The Morgan fingerprint density at radius 2 is 2.05 bits per heavy atom. The summed E-state index contributed by atoms with van der Waals surface area (Å²) in [6.07, 6.45) is 5.31. The molecule has 22 heavy (non-hydrogen) atoms. The molecule has 0 aliphatic carbocycles. The minimum Gasteiger partial charge on any atom is -0.481 e. The van der Waals surface area contributed by atoms with E-state index in [0.29, 0.717) is 19.4 Å². The third kappa shape index (κ3) is 6.11. The number of pyridine rings is 1. The molecule has 1 aromatic heterocycles. The second kappa shape index (κ2) is 9.76. The molecule has 1 aromatic rings. The summed E-state index contributed by atoms with van der Waals surface area (Å²) in [5.74, 6) is -0.955. The number of carbonyl (C=O) groups excluding carboxylic acids is 1. The molecule has 1 atom stereocenters. The largest absolute Gasteiger partial charge is 0.481 e. The predicted octanol–water partition coefficient (Wildman–Crippen LogP) is 1.95. The van der Waals surface area contributed by atoms with Crippen LogP contribution in [-0.4, -0.2) is 28.1 Å². The standard InChI is InChI=1S/C16H24N2O4/c1-2-8-13(18-12-7-5-9-14(18)19)16(22)17-11-6-3-4-10-15(20)21/h5,7,9,12-13H,2-4,6,8,10-11H2,1H3,(H,17,22)(H,20,21). The summed E-state index contributed by atoms with van der Waals surface area (Å²) in [5.41, 5.74) is -0.183. The highest BCUT2D eigenvalue weighted by Crippen LogP contribution is 2.11. The highest BCUT2D eigenvalue weighted by Gasteiger charge is 2.19. The van der Waals surface area contributed by atoms with Crippen molar-refractivity contribution in [3.8, 4) is 0 Å². The molecular weight excluding hydrogens is 284 g/mol. The maximum atomic E-state index is 12.3. The third-order valence-electron chi connectivity index (χ3n) is 3.42. The molecule has 1 amide bonds. The first-order chi connectivity index (χ1) is 10.6. The molecule has 0 radical (unpaired) electrons. The van der Waals surface area contributed by atoms with Crippen LogP contribution in [0.2, 0.25) is 0 Å². The van der Waals surface area contributed by atoms with E-state index < -0.39 is 12.0 Å². The summed E-state index contributed by atoms with van der Waals surface area (Å²) in [7, 11) is 0. The number of carboxylic acids is 1. The van der Waals surface area contributed by atoms with E-state index in [9.17, 15) is 14.4 Å². The van der Waals surface area contributed by atoms with Gasteiger partial charge < -0.3 is 15.0 Å². The predicted molar refractivity (Wildman–Crippen MR) is 83.8 cm³/mol. The summed E-state index contributed by atoms with van der Waals surface area (Å²) in [5, 5.41) is 11.4. The molecule has 1 rings (SSSR count). The van der Waals surface area contributed by atoms with Gasteiger partial charge in [0.05, 0.1) is 0 Å². The number of rotatable bonds is 10. The molecule has 1 heterocycles. The van der Waals surface area contributed by atoms with E-state index in [2.05, 4.69) is 5.32 Å². The van der Waals surface area contributed by atoms with E-state index >= 15 is 0 Å². The lowest BCUT2D eigenvalue weighted by atomic mass is 10.1. The van der Waals surface area contributed by atoms with Crippen LogP contribution in [0.3, 0.4) is 0 Å². The van der Waals surface area contributed by atoms with Crippen molar-refractivity contribution in [1.29, 1.82) is 0 Å². The number of aromatic nitrogens is 1. The van der Waals surface area contributed by atoms with E-state index in [0.717, 1.165) is 19.3 Å². The van der Waals surface area contributed by atoms with Crippen molar-refractivity contribution in [3.05, 3.63) is 34.7 Å². The second-order valence-electron chi connectivity index (χ2n) is 5.25. The van der Waals surface area contributed by atoms with Crippen molar-refractivity contribution < 1.29 is 14.7 Å². The zero-order chi connectivity index (χ0) is 16.4. The van der Waals surface area contributed by atoms with Crippen LogP contribution in [0.5, 0.6) is 0 Å². The summed E-state index contributed by atoms with van der Waals surface area (Å²) in [4.78, 5) is 34.5. The van der Waals surface area contributed by atoms with Crippen LogP contribution in [0.4, 0.5) is 0 Å². The minimum absolute atomic E-state index is 0.159. The fraction of sp³-hybridized carbons (Fsp3) is 0.562. The van der Waals surface area contributed by atoms with Gasteiger partial charge in [0.1, 0.15) is 6.04 Å². The van der Waals surface area contributed by atoms with Gasteiger partial charge >= 0.3 is 5.97 Å². The molecule has 2 N–H and O–H groups in total. The molecule has 6 nitrogen and oxygen atoms in total. The van der Waals surface area contributed by atoms with Gasteiger partial charge in [-0.1, -0.05) is 25.8 Å². The van der Waals surface area contributed by atoms with Crippen LogP contribution in [0.1, 0.15) is 51.5 Å². The van der Waals surface area contributed by atoms with E-state index in [1.165, 1.54) is 10.6 Å². The lowest BCUT2D eigenvalue weighted by molar-refractivity contribution is -0.137. The summed E-state index contributed by atoms with van der Waals surface area (Å²) < 4.78 is 1.46. The fourth-order valence-electron chi connectivity index (χ4n) is 2.27. The monoisotopic (exact) mass is 308 g/mol. The lowest BCUT2D eigenvalue weighted by Crippen LogP contribution is -2.37. The molecule has 0 aliphatic rings. The topological polar surface area (TPSA) is 88.4 Å². The second-order valence-corrected chi connectivity index (χ2v) is 5.25. The smallest absolute Gasteiger partial charge is 0.303 e. The number of amides is 1. The summed E-state index contributed by atoms with van der Waals surface area (Å²) in [6.45, 7) is 2.47. The molecule has 6 heteroatoms. The summed E-state index contributed by atoms with van der Waals surface area (Å²) in [6, 6.07) is 4.35. The van der Waals surface area contributed by atoms with Crippen LogP contribution in [0.15, 0.2) is 29.2 Å². The fourth-order valence-corrected chi connectivity index (χ4v) is 2.27. The molecule has 0 aromatic carbocycles. The normalized spacial score (nSPS) is 11.9. The number of unbranched alkanes of at least 4 members (excludes halogenated alkanes) is 2. The van der Waals surface area contributed by atoms with Crippen LogP contribution in [0, 0.1) is 0 Å². The molecule has 0 fully saturated rings. The molecule has 0 bridgehead atoms. The van der Waals surface area contributed by atoms with Crippen molar-refractivity contribution in [2.24, 2.45) is 0 Å². The van der Waals surface area contributed by atoms with Crippen LogP contribution in [-0.2, 0) is 9.59 Å². The van der Waals surface area contributed by atoms with Gasteiger partial charge in [-0.3, -0.25) is 14.4 Å². The Morgan fingerprint density at radius 1 is 1.27 bits per heavy atom. The molecule has 0 saturated heterocycles. The van der Waals surface area contributed by atoms with Gasteiger partial charge in [0, 0.05) is 25.2 Å². The molecule has 1 unspecified atom stereocenters. The van der Waals surface area contributed by atoms with E-state index in [4.69, 9.17) is 5.11 Å². The Hall–Kier alpha value is -2.11. The Labute approximate surface area is 130 Å². The van der Waals surface area contributed by atoms with E-state index in [1.807, 2.05) is 6.92 Å². The van der Waals surface area contributed by atoms with Crippen LogP contribution >= 0.6 is 0 Å². The van der Waals surface area contributed by atoms with Gasteiger partial charge in [-0.05, 0) is 25.3 Å². The number of hydrogen-bond donors (Lipinski definition) is 2. The van der Waals surface area contributed by atoms with Gasteiger partial charge in [-0.15, -0.1) is 0 Å². The number of carboxylic acid groups (broad SMARTS) is 1. The molecule has 122 valence electrons. The van der Waals surface area contributed by atoms with Crippen LogP contribution < -0.4 is 10.9 Å². The first-order valence-corrected chi connectivity index (χ1v) is 7.73. The van der Waals surface area contributed by atoms with Crippen molar-refractivity contribution >= 4 is 11.9 Å². The molecular formula is C16H24N2O4. The van der Waals surface area contributed by atoms with Gasteiger partial charge in [-0.2, -0.15) is 0 Å². The molecule has 0 spiro atoms. The first-order valence-electron chi connectivity index (χ1n) is 7.73. The highest BCUT2D eigenvalue weighted by atomic mass is 16.4. The average molecular weight is 308 g/mol. The number of aliphatic carboxylic acids is 1. The zero-order valence-electron chi connectivity index (χ0n) is 13.0. The first kappa shape index (κ1) is 17.9. The lowest BCUT2D eigenvalue weighted by Gasteiger charge is -2.18. The minimum atomic E-state index is -0.796. The Morgan fingerprint density at radius 3 is 2.68 bits per heavy atom. The zero-order valence-corrected chi connectivity index (χ0v) is 13.0. The van der Waals surface area contributed by atoms with Crippen molar-refractivity contribution in [3.63, 3.8) is 0 Å². The van der Waals surface area contributed by atoms with Gasteiger partial charge in [0.15, 0.2) is 0 Å². The Balaban J connectivity index is 2.48. The van der Waals surface area contributed by atoms with Crippen molar-refractivity contribution in [2.45, 2.75) is 51.5 Å². The highest BCUT2D eigenvalue weighted by molar-refractivity contribution is 5.80. The van der Waals surface area contributed by atoms with E-state index in [1.54, 1.807) is 18.3 Å². The maximum Gasteiger partial charge on any atom is 0.303 e. The number of carbonyl (C=O) groups is 2. The number of nitrogens with one attached hydrogen (secondary N) is 1. The Kier molecular flexibility index (Phi) is 7.96. The van der Waals surface area contributed by atoms with Gasteiger partial charge in [-0.25, -0.2) is 0 Å². The maximum absolute atomic E-state index is 12.3. The van der Waals surface area contributed by atoms with Crippen molar-refractivity contribution in [1.82, 2.24) is 9.88 Å². The molecule has 0 saturated carbocycles. The SMILES string of the molecule is CCCC(C(=O)NCCCCCC(=O)O)n1ccccc1=O. The number of nitrogens with zero attached hydrogens (tertiary/aromatic N) is 1. The average Bonchev–Trinajstić information content (AvgIpc) is 2.48. The quantitative estimate of drug-likeness (QED) is 0.647. The van der Waals surface area contributed by atoms with Gasteiger partial charge in [0.2, 0.25) is 5.91 Å². The molecule has 0 aliphatic heterocycles. The summed E-state index contributed by atoms with van der Waals surface area (Å²) >= 11 is 0. The van der Waals surface area contributed by atoms with Crippen LogP contribution in [0.25, 0.3) is 0 Å². The van der Waals surface area contributed by atoms with Gasteiger partial charge in [0.25, 0.3) is 5.56 Å². The third-order valence-corrected chi connectivity index (χ3v) is 3.42. The Bertz CT molecular complexity index is 539. The van der Waals surface area contributed by atoms with E-state index in [-0.39, 0.29) is 17.9 Å².